The van der Waals surface area contributed by atoms with Gasteiger partial charge in [0.15, 0.2) is 0 Å². The van der Waals surface area contributed by atoms with Crippen LogP contribution in [-0.4, -0.2) is 12.7 Å². The third kappa shape index (κ3) is 4.57. The van der Waals surface area contributed by atoms with E-state index in [0.717, 1.165) is 12.1 Å². The molecule has 2 rings (SSSR count). The molecule has 0 fully saturated rings. The van der Waals surface area contributed by atoms with Crippen LogP contribution in [0.15, 0.2) is 42.5 Å². The van der Waals surface area contributed by atoms with Crippen LogP contribution < -0.4 is 9.47 Å². The lowest BCUT2D eigenvalue weighted by atomic mass is 10.0. The van der Waals surface area contributed by atoms with Crippen molar-refractivity contribution in [3.8, 4) is 22.6 Å². The summed E-state index contributed by atoms with van der Waals surface area (Å²) in [7, 11) is 0. The Morgan fingerprint density at radius 3 is 1.91 bits per heavy atom. The third-order valence-electron chi connectivity index (χ3n) is 2.44. The fourth-order valence-electron chi connectivity index (χ4n) is 1.71. The SMILES string of the molecule is FC(F)(F)Oc1ccc(-c2cc[c]cc2)c(OC(F)(F)F)c1. The first-order valence-corrected chi connectivity index (χ1v) is 5.76. The highest BCUT2D eigenvalue weighted by atomic mass is 19.4. The van der Waals surface area contributed by atoms with E-state index in [0.29, 0.717) is 11.6 Å². The first kappa shape index (κ1) is 16.0. The Morgan fingerprint density at radius 1 is 0.773 bits per heavy atom. The lowest BCUT2D eigenvalue weighted by molar-refractivity contribution is -0.276. The van der Waals surface area contributed by atoms with Crippen molar-refractivity contribution in [3.63, 3.8) is 0 Å². The van der Waals surface area contributed by atoms with Crippen LogP contribution in [0.3, 0.4) is 0 Å². The molecular weight excluding hydrogens is 314 g/mol. The quantitative estimate of drug-likeness (QED) is 0.745. The zero-order valence-corrected chi connectivity index (χ0v) is 10.6. The standard InChI is InChI=1S/C14H7F6O2/c15-13(16,17)21-10-6-7-11(9-4-2-1-3-5-9)12(8-10)22-14(18,19)20/h2-8H. The van der Waals surface area contributed by atoms with Gasteiger partial charge in [-0.3, -0.25) is 0 Å². The molecule has 0 N–H and O–H groups in total. The lowest BCUT2D eigenvalue weighted by Gasteiger charge is -2.16. The average molecular weight is 321 g/mol. The van der Waals surface area contributed by atoms with Gasteiger partial charge < -0.3 is 9.47 Å². The van der Waals surface area contributed by atoms with E-state index in [-0.39, 0.29) is 5.56 Å². The molecule has 2 aromatic carbocycles. The number of halogens is 6. The van der Waals surface area contributed by atoms with Crippen molar-refractivity contribution in [1.29, 1.82) is 0 Å². The van der Waals surface area contributed by atoms with E-state index < -0.39 is 24.2 Å². The molecule has 0 unspecified atom stereocenters. The van der Waals surface area contributed by atoms with Crippen molar-refractivity contribution < 1.29 is 35.8 Å². The maximum absolute atomic E-state index is 12.4. The van der Waals surface area contributed by atoms with Crippen LogP contribution in [0.25, 0.3) is 11.1 Å². The number of ether oxygens (including phenoxy) is 2. The monoisotopic (exact) mass is 321 g/mol. The maximum Gasteiger partial charge on any atom is 0.573 e. The van der Waals surface area contributed by atoms with Gasteiger partial charge in [0.25, 0.3) is 0 Å². The van der Waals surface area contributed by atoms with E-state index in [4.69, 9.17) is 0 Å². The minimum atomic E-state index is -5.05. The summed E-state index contributed by atoms with van der Waals surface area (Å²) in [4.78, 5) is 0. The van der Waals surface area contributed by atoms with Crippen molar-refractivity contribution in [2.45, 2.75) is 12.7 Å². The molecule has 8 heteroatoms. The van der Waals surface area contributed by atoms with Crippen LogP contribution in [-0.2, 0) is 0 Å². The smallest absolute Gasteiger partial charge is 0.406 e. The zero-order valence-electron chi connectivity index (χ0n) is 10.6. The van der Waals surface area contributed by atoms with E-state index in [2.05, 4.69) is 15.5 Å². The predicted molar refractivity (Wildman–Crippen MR) is 64.1 cm³/mol. The van der Waals surface area contributed by atoms with Crippen LogP contribution in [0.2, 0.25) is 0 Å². The van der Waals surface area contributed by atoms with Crippen LogP contribution in [0, 0.1) is 6.07 Å². The van der Waals surface area contributed by atoms with Crippen LogP contribution >= 0.6 is 0 Å². The third-order valence-corrected chi connectivity index (χ3v) is 2.44. The van der Waals surface area contributed by atoms with Crippen molar-refractivity contribution in [2.24, 2.45) is 0 Å². The van der Waals surface area contributed by atoms with Crippen molar-refractivity contribution in [1.82, 2.24) is 0 Å². The summed E-state index contributed by atoms with van der Waals surface area (Å²) in [6, 6.07) is 11.0. The van der Waals surface area contributed by atoms with Crippen molar-refractivity contribution in [2.75, 3.05) is 0 Å². The largest absolute Gasteiger partial charge is 0.573 e. The minimum absolute atomic E-state index is 0.0270. The highest BCUT2D eigenvalue weighted by Crippen LogP contribution is 2.37. The number of hydrogen-bond acceptors (Lipinski definition) is 2. The minimum Gasteiger partial charge on any atom is -0.406 e. The molecular formula is C14H7F6O2. The molecule has 0 spiro atoms. The molecule has 0 atom stereocenters. The maximum atomic E-state index is 12.4. The highest BCUT2D eigenvalue weighted by Gasteiger charge is 2.34. The van der Waals surface area contributed by atoms with Gasteiger partial charge in [-0.25, -0.2) is 0 Å². The Morgan fingerprint density at radius 2 is 1.36 bits per heavy atom. The van der Waals surface area contributed by atoms with E-state index in [9.17, 15) is 26.3 Å². The van der Waals surface area contributed by atoms with Gasteiger partial charge in [0.05, 0.1) is 0 Å². The number of benzene rings is 2. The second-order valence-corrected chi connectivity index (χ2v) is 4.04. The molecule has 0 heterocycles. The van der Waals surface area contributed by atoms with Gasteiger partial charge in [-0.1, -0.05) is 24.3 Å². The molecule has 0 aliphatic carbocycles. The molecule has 2 aromatic rings. The Kier molecular flexibility index (Phi) is 4.20. The van der Waals surface area contributed by atoms with E-state index in [1.165, 1.54) is 24.3 Å². The number of hydrogen-bond donors (Lipinski definition) is 0. The Balaban J connectivity index is 2.45. The molecule has 0 bridgehead atoms. The van der Waals surface area contributed by atoms with Gasteiger partial charge in [0.2, 0.25) is 0 Å². The topological polar surface area (TPSA) is 18.5 Å². The second-order valence-electron chi connectivity index (χ2n) is 4.04. The fourth-order valence-corrected chi connectivity index (χ4v) is 1.71. The Bertz CT molecular complexity index is 634. The predicted octanol–water partition coefficient (Wildman–Crippen LogP) is 4.95. The van der Waals surface area contributed by atoms with Crippen LogP contribution in [0.5, 0.6) is 11.5 Å². The Labute approximate surface area is 120 Å². The second kappa shape index (κ2) is 5.78. The lowest BCUT2D eigenvalue weighted by Crippen LogP contribution is -2.19. The molecule has 0 saturated carbocycles. The van der Waals surface area contributed by atoms with Crippen molar-refractivity contribution >= 4 is 0 Å². The summed E-state index contributed by atoms with van der Waals surface area (Å²) in [5.74, 6) is -1.60. The summed E-state index contributed by atoms with van der Waals surface area (Å²) in [5, 5.41) is 0. The molecule has 0 amide bonds. The van der Waals surface area contributed by atoms with Crippen LogP contribution in [0.1, 0.15) is 0 Å². The van der Waals surface area contributed by atoms with E-state index >= 15 is 0 Å². The number of rotatable bonds is 3. The summed E-state index contributed by atoms with van der Waals surface area (Å²) in [6.07, 6.45) is -10.1. The van der Waals surface area contributed by atoms with Gasteiger partial charge >= 0.3 is 12.7 Å². The van der Waals surface area contributed by atoms with Gasteiger partial charge in [-0.05, 0) is 23.8 Å². The molecule has 1 radical (unpaired) electrons. The average Bonchev–Trinajstić information content (AvgIpc) is 2.36. The van der Waals surface area contributed by atoms with E-state index in [1.807, 2.05) is 0 Å². The molecule has 0 aromatic heterocycles. The summed E-state index contributed by atoms with van der Waals surface area (Å²) in [5.41, 5.74) is 0.303. The first-order valence-electron chi connectivity index (χ1n) is 5.76. The van der Waals surface area contributed by atoms with Crippen LogP contribution in [0.4, 0.5) is 26.3 Å². The molecule has 0 aliphatic heterocycles. The molecule has 0 aliphatic rings. The van der Waals surface area contributed by atoms with Gasteiger partial charge in [-0.15, -0.1) is 26.3 Å². The Hall–Kier alpha value is -2.38. The summed E-state index contributed by atoms with van der Waals surface area (Å²) < 4.78 is 81.1. The fraction of sp³-hybridized carbons (Fsp3) is 0.143. The van der Waals surface area contributed by atoms with Gasteiger partial charge in [-0.2, -0.15) is 0 Å². The molecule has 22 heavy (non-hydrogen) atoms. The first-order chi connectivity index (χ1) is 10.1. The molecule has 2 nitrogen and oxygen atoms in total. The summed E-state index contributed by atoms with van der Waals surface area (Å²) >= 11 is 0. The van der Waals surface area contributed by atoms with Gasteiger partial charge in [0.1, 0.15) is 11.5 Å². The molecule has 117 valence electrons. The molecule has 0 saturated heterocycles. The number of alkyl halides is 6. The van der Waals surface area contributed by atoms with Crippen molar-refractivity contribution in [3.05, 3.63) is 48.5 Å². The van der Waals surface area contributed by atoms with Gasteiger partial charge in [0, 0.05) is 11.6 Å². The normalized spacial score (nSPS) is 12.1. The summed E-state index contributed by atoms with van der Waals surface area (Å²) in [6.45, 7) is 0. The highest BCUT2D eigenvalue weighted by molar-refractivity contribution is 5.71. The zero-order chi connectivity index (χ0) is 16.4. The van der Waals surface area contributed by atoms with E-state index in [1.54, 1.807) is 0 Å².